The molecule has 2 heteroatoms. The molecule has 9 aromatic rings. The maximum atomic E-state index is 6.26. The standard InChI is InChI=1S/C54H41NO/c1-53(2)47-20-9-6-16-42(47)45-32-36(25-30-48(45)53)35-13-11-14-38(31-35)55(39-28-29-43-41-15-5-8-19-46(41)54(3,4)49(43)33-39)37-26-23-34(24-27-37)40-18-12-22-51-52(40)44-17-7-10-21-50(44)56-51/h5-33H,1-4H3. The molecule has 0 bridgehead atoms. The van der Waals surface area contributed by atoms with Gasteiger partial charge < -0.3 is 9.32 Å². The number of para-hydroxylation sites is 1. The van der Waals surface area contributed by atoms with Gasteiger partial charge in [-0.05, 0) is 121 Å². The monoisotopic (exact) mass is 719 g/mol. The van der Waals surface area contributed by atoms with Crippen LogP contribution in [0, 0.1) is 0 Å². The average Bonchev–Trinajstić information content (AvgIpc) is 3.81. The van der Waals surface area contributed by atoms with E-state index in [-0.39, 0.29) is 10.8 Å². The fraction of sp³-hybridized carbons (Fsp3) is 0.111. The Morgan fingerprint density at radius 1 is 0.357 bits per heavy atom. The summed E-state index contributed by atoms with van der Waals surface area (Å²) in [5, 5.41) is 2.29. The highest BCUT2D eigenvalue weighted by molar-refractivity contribution is 6.12. The van der Waals surface area contributed by atoms with E-state index in [1.807, 2.05) is 12.1 Å². The topological polar surface area (TPSA) is 16.4 Å². The Bertz CT molecular complexity index is 3030. The van der Waals surface area contributed by atoms with Crippen molar-refractivity contribution in [1.82, 2.24) is 0 Å². The summed E-state index contributed by atoms with van der Waals surface area (Å²) in [5.74, 6) is 0. The van der Waals surface area contributed by atoms with Gasteiger partial charge in [0.05, 0.1) is 0 Å². The molecule has 268 valence electrons. The molecular weight excluding hydrogens is 679 g/mol. The first-order valence-corrected chi connectivity index (χ1v) is 19.7. The maximum Gasteiger partial charge on any atom is 0.136 e. The first-order chi connectivity index (χ1) is 27.3. The number of hydrogen-bond acceptors (Lipinski definition) is 2. The molecule has 0 fully saturated rings. The zero-order valence-corrected chi connectivity index (χ0v) is 32.1. The summed E-state index contributed by atoms with van der Waals surface area (Å²) >= 11 is 0. The molecule has 0 amide bonds. The van der Waals surface area contributed by atoms with E-state index in [4.69, 9.17) is 4.42 Å². The predicted octanol–water partition coefficient (Wildman–Crippen LogP) is 15.0. The smallest absolute Gasteiger partial charge is 0.136 e. The maximum absolute atomic E-state index is 6.26. The Kier molecular flexibility index (Phi) is 6.98. The van der Waals surface area contributed by atoms with Crippen LogP contribution in [-0.2, 0) is 10.8 Å². The second-order valence-electron chi connectivity index (χ2n) is 16.5. The number of anilines is 3. The van der Waals surface area contributed by atoms with Crippen LogP contribution in [0.15, 0.2) is 180 Å². The number of furan rings is 1. The summed E-state index contributed by atoms with van der Waals surface area (Å²) in [7, 11) is 0. The molecule has 0 aliphatic heterocycles. The molecule has 0 unspecified atom stereocenters. The molecule has 0 saturated carbocycles. The van der Waals surface area contributed by atoms with Crippen molar-refractivity contribution >= 4 is 39.0 Å². The Balaban J connectivity index is 1.05. The van der Waals surface area contributed by atoms with Crippen molar-refractivity contribution in [2.24, 2.45) is 0 Å². The van der Waals surface area contributed by atoms with E-state index in [0.29, 0.717) is 0 Å². The second kappa shape index (κ2) is 11.9. The van der Waals surface area contributed by atoms with E-state index in [2.05, 4.69) is 196 Å². The van der Waals surface area contributed by atoms with Crippen LogP contribution in [0.1, 0.15) is 49.9 Å². The highest BCUT2D eigenvalue weighted by Gasteiger charge is 2.37. The fourth-order valence-corrected chi connectivity index (χ4v) is 9.81. The van der Waals surface area contributed by atoms with Gasteiger partial charge in [-0.1, -0.05) is 149 Å². The van der Waals surface area contributed by atoms with Gasteiger partial charge in [-0.15, -0.1) is 0 Å². The lowest BCUT2D eigenvalue weighted by Crippen LogP contribution is -2.16. The Morgan fingerprint density at radius 2 is 0.911 bits per heavy atom. The second-order valence-corrected chi connectivity index (χ2v) is 16.5. The number of rotatable bonds is 5. The molecule has 0 atom stereocenters. The Morgan fingerprint density at radius 3 is 1.71 bits per heavy atom. The molecule has 56 heavy (non-hydrogen) atoms. The van der Waals surface area contributed by atoms with E-state index in [1.54, 1.807) is 0 Å². The summed E-state index contributed by atoms with van der Waals surface area (Å²) in [6, 6.07) is 64.6. The lowest BCUT2D eigenvalue weighted by Gasteiger charge is -2.28. The van der Waals surface area contributed by atoms with Crippen LogP contribution in [0.4, 0.5) is 17.1 Å². The van der Waals surface area contributed by atoms with Crippen LogP contribution in [-0.4, -0.2) is 0 Å². The minimum atomic E-state index is -0.111. The summed E-state index contributed by atoms with van der Waals surface area (Å²) in [5.41, 5.74) is 20.7. The normalized spacial score (nSPS) is 14.4. The van der Waals surface area contributed by atoms with Gasteiger partial charge in [-0.2, -0.15) is 0 Å². The zero-order valence-electron chi connectivity index (χ0n) is 32.1. The molecule has 2 nitrogen and oxygen atoms in total. The molecule has 1 aromatic heterocycles. The predicted molar refractivity (Wildman–Crippen MR) is 234 cm³/mol. The van der Waals surface area contributed by atoms with Crippen LogP contribution < -0.4 is 4.90 Å². The number of benzene rings is 8. The molecule has 0 N–H and O–H groups in total. The van der Waals surface area contributed by atoms with Gasteiger partial charge in [-0.3, -0.25) is 0 Å². The first-order valence-electron chi connectivity index (χ1n) is 19.7. The highest BCUT2D eigenvalue weighted by atomic mass is 16.3. The molecule has 1 heterocycles. The lowest BCUT2D eigenvalue weighted by atomic mass is 9.82. The fourth-order valence-electron chi connectivity index (χ4n) is 9.81. The van der Waals surface area contributed by atoms with Gasteiger partial charge in [0.2, 0.25) is 0 Å². The van der Waals surface area contributed by atoms with Crippen molar-refractivity contribution in [1.29, 1.82) is 0 Å². The van der Waals surface area contributed by atoms with Crippen LogP contribution in [0.5, 0.6) is 0 Å². The van der Waals surface area contributed by atoms with Crippen LogP contribution in [0.2, 0.25) is 0 Å². The minimum Gasteiger partial charge on any atom is -0.456 e. The number of hydrogen-bond donors (Lipinski definition) is 0. The summed E-state index contributed by atoms with van der Waals surface area (Å²) < 4.78 is 6.26. The third-order valence-electron chi connectivity index (χ3n) is 12.7. The van der Waals surface area contributed by atoms with Gasteiger partial charge in [0.15, 0.2) is 0 Å². The van der Waals surface area contributed by atoms with Gasteiger partial charge in [-0.25, -0.2) is 0 Å². The summed E-state index contributed by atoms with van der Waals surface area (Å²) in [6.45, 7) is 9.40. The van der Waals surface area contributed by atoms with Crippen LogP contribution >= 0.6 is 0 Å². The molecule has 11 rings (SSSR count). The summed E-state index contributed by atoms with van der Waals surface area (Å²) in [6.07, 6.45) is 0. The zero-order chi connectivity index (χ0) is 37.8. The molecule has 0 saturated heterocycles. The molecule has 2 aliphatic rings. The largest absolute Gasteiger partial charge is 0.456 e. The van der Waals surface area contributed by atoms with Crippen molar-refractivity contribution < 1.29 is 4.42 Å². The van der Waals surface area contributed by atoms with Crippen LogP contribution in [0.3, 0.4) is 0 Å². The van der Waals surface area contributed by atoms with Crippen LogP contribution in [0.25, 0.3) is 66.4 Å². The molecule has 0 radical (unpaired) electrons. The van der Waals surface area contributed by atoms with E-state index in [0.717, 1.165) is 44.6 Å². The number of fused-ring (bicyclic) bond motifs is 9. The Hall–Kier alpha value is -6.64. The van der Waals surface area contributed by atoms with E-state index < -0.39 is 0 Å². The number of nitrogens with zero attached hydrogens (tertiary/aromatic N) is 1. The lowest BCUT2D eigenvalue weighted by molar-refractivity contribution is 0.660. The van der Waals surface area contributed by atoms with Gasteiger partial charge in [0.25, 0.3) is 0 Å². The third kappa shape index (κ3) is 4.75. The van der Waals surface area contributed by atoms with E-state index >= 15 is 0 Å². The molecule has 0 spiro atoms. The Labute approximate surface area is 328 Å². The van der Waals surface area contributed by atoms with Gasteiger partial charge in [0, 0.05) is 38.7 Å². The van der Waals surface area contributed by atoms with Crippen molar-refractivity contribution in [2.45, 2.75) is 38.5 Å². The van der Waals surface area contributed by atoms with Crippen molar-refractivity contribution in [2.75, 3.05) is 4.90 Å². The van der Waals surface area contributed by atoms with Crippen molar-refractivity contribution in [3.8, 4) is 44.5 Å². The average molecular weight is 720 g/mol. The first kappa shape index (κ1) is 32.8. The van der Waals surface area contributed by atoms with E-state index in [9.17, 15) is 0 Å². The molecule has 2 aliphatic carbocycles. The highest BCUT2D eigenvalue weighted by Crippen LogP contribution is 2.52. The SMILES string of the molecule is CC1(C)c2ccccc2-c2cc(-c3cccc(N(c4ccc(-c5cccc6oc7ccccc7c56)cc4)c4ccc5c(c4)C(C)(C)c4ccccc4-5)c3)ccc21. The van der Waals surface area contributed by atoms with E-state index in [1.165, 1.54) is 61.2 Å². The van der Waals surface area contributed by atoms with Crippen molar-refractivity contribution in [3.05, 3.63) is 198 Å². The summed E-state index contributed by atoms with van der Waals surface area (Å²) in [4.78, 5) is 2.42. The minimum absolute atomic E-state index is 0.0213. The van der Waals surface area contributed by atoms with Gasteiger partial charge >= 0.3 is 0 Å². The molecular formula is C54H41NO. The quantitative estimate of drug-likeness (QED) is 0.176. The van der Waals surface area contributed by atoms with Crippen molar-refractivity contribution in [3.63, 3.8) is 0 Å². The molecule has 8 aromatic carbocycles. The van der Waals surface area contributed by atoms with Gasteiger partial charge in [0.1, 0.15) is 11.2 Å². The third-order valence-corrected chi connectivity index (χ3v) is 12.7.